The molecule has 474 valence electrons. The van der Waals surface area contributed by atoms with Crippen molar-refractivity contribution in [1.82, 2.24) is 0 Å². The Morgan fingerprint density at radius 2 is 0.730 bits per heavy atom. The molecular formula is C75H92ClN3O5S5. The lowest BCUT2D eigenvalue weighted by atomic mass is 9.84. The summed E-state index contributed by atoms with van der Waals surface area (Å²) < 4.78 is 53.2. The average molecular weight is 1310 g/mol. The summed E-state index contributed by atoms with van der Waals surface area (Å²) in [5, 5.41) is 11.8. The Morgan fingerprint density at radius 1 is 0.427 bits per heavy atom. The van der Waals surface area contributed by atoms with Gasteiger partial charge < -0.3 is 10.0 Å². The number of rotatable bonds is 22. The number of nitrogens with one attached hydrogen (secondary N) is 2. The lowest BCUT2D eigenvalue weighted by molar-refractivity contribution is 0.0118. The molecule has 1 aliphatic rings. The number of aryl methyl sites for hydroxylation is 6. The molecular weight excluding hydrogens is 1220 g/mol. The van der Waals surface area contributed by atoms with E-state index in [1.165, 1.54) is 55.8 Å². The van der Waals surface area contributed by atoms with Gasteiger partial charge in [0.05, 0.1) is 16.8 Å². The van der Waals surface area contributed by atoms with Crippen LogP contribution in [0.25, 0.3) is 0 Å². The predicted molar refractivity (Wildman–Crippen MR) is 387 cm³/mol. The summed E-state index contributed by atoms with van der Waals surface area (Å²) in [6.07, 6.45) is 8.51. The molecule has 0 spiro atoms. The van der Waals surface area contributed by atoms with E-state index in [9.17, 15) is 21.9 Å². The summed E-state index contributed by atoms with van der Waals surface area (Å²) in [6.45, 7) is 21.9. The molecule has 0 aliphatic carbocycles. The fourth-order valence-corrected chi connectivity index (χ4v) is 13.9. The van der Waals surface area contributed by atoms with Gasteiger partial charge in [0.25, 0.3) is 10.0 Å². The van der Waals surface area contributed by atoms with Crippen LogP contribution in [-0.4, -0.2) is 55.5 Å². The molecule has 14 heteroatoms. The molecule has 1 aliphatic heterocycles. The fourth-order valence-electron chi connectivity index (χ4n) is 9.74. The van der Waals surface area contributed by atoms with Crippen molar-refractivity contribution in [1.29, 1.82) is 0 Å². The number of halogens is 1. The summed E-state index contributed by atoms with van der Waals surface area (Å²) in [5.41, 5.74) is 14.5. The van der Waals surface area contributed by atoms with Gasteiger partial charge in [-0.05, 0) is 168 Å². The normalized spacial score (nSPS) is 13.6. The largest absolute Gasteiger partial charge is 0.385 e. The van der Waals surface area contributed by atoms with Crippen LogP contribution in [-0.2, 0) is 81.4 Å². The van der Waals surface area contributed by atoms with E-state index in [0.29, 0.717) is 21.1 Å². The molecule has 0 saturated carbocycles. The summed E-state index contributed by atoms with van der Waals surface area (Å²) in [7, 11) is -6.77. The van der Waals surface area contributed by atoms with Crippen LogP contribution in [0, 0.1) is 0 Å². The minimum atomic E-state index is -3.55. The topological polar surface area (TPSA) is 116 Å². The Kier molecular flexibility index (Phi) is 25.9. The van der Waals surface area contributed by atoms with Crippen molar-refractivity contribution >= 4 is 84.0 Å². The number of benzene rings is 8. The first-order chi connectivity index (χ1) is 42.0. The molecule has 0 bridgehead atoms. The Hall–Kier alpha value is -5.64. The van der Waals surface area contributed by atoms with E-state index in [-0.39, 0.29) is 14.4 Å². The fraction of sp³-hybridized carbons (Fsp3) is 0.360. The standard InChI is InChI=1S/C30H36ClNOS.C25H29NO2S2.C20H27NO2S2/c1-29(2,3)34-22-25-8-6-23(7-9-25)4-5-24-10-16-28(17-11-24)32-20-18-30(33,19-21-32)26-12-14-27(31)15-13-26;1-25(2,3)29-19-22-13-11-20(12-14-22)9-10-21-15-17-23(18-16-21)26-30(27,28)24-7-5-4-6-8-24;1-20(2,3)24-15-18-9-7-16(8-10-18)5-6-17-11-13-19(14-12-17)21-25(4,22)23/h6-17,33H,4-5,18-22H2,1-3H3;4-8,11-18,26H,9-10,19H2,1-3H3;7-14,21H,5-6,15H2,1-4H3. The summed E-state index contributed by atoms with van der Waals surface area (Å²) in [5.74, 6) is 3.14. The van der Waals surface area contributed by atoms with E-state index < -0.39 is 25.6 Å². The van der Waals surface area contributed by atoms with E-state index in [1.54, 1.807) is 30.3 Å². The van der Waals surface area contributed by atoms with E-state index >= 15 is 0 Å². The maximum absolute atomic E-state index is 12.4. The second-order valence-corrected chi connectivity index (χ2v) is 35.3. The Balaban J connectivity index is 0.000000193. The molecule has 8 aromatic carbocycles. The molecule has 0 atom stereocenters. The molecule has 9 rings (SSSR count). The smallest absolute Gasteiger partial charge is 0.261 e. The molecule has 0 radical (unpaired) electrons. The molecule has 0 amide bonds. The van der Waals surface area contributed by atoms with Crippen LogP contribution in [0.5, 0.6) is 0 Å². The Labute approximate surface area is 552 Å². The van der Waals surface area contributed by atoms with Gasteiger partial charge in [-0.25, -0.2) is 16.8 Å². The Morgan fingerprint density at radius 3 is 1.06 bits per heavy atom. The van der Waals surface area contributed by atoms with Gasteiger partial charge in [0.1, 0.15) is 0 Å². The van der Waals surface area contributed by atoms with Crippen LogP contribution in [0.1, 0.15) is 131 Å². The lowest BCUT2D eigenvalue weighted by Crippen LogP contribution is -2.42. The first kappa shape index (κ1) is 70.8. The zero-order valence-corrected chi connectivity index (χ0v) is 58.5. The van der Waals surface area contributed by atoms with Gasteiger partial charge in [0.2, 0.25) is 10.0 Å². The van der Waals surface area contributed by atoms with E-state index in [1.807, 2.05) is 108 Å². The SMILES string of the molecule is CC(C)(C)SCc1ccc(CCc2ccc(N3CCC(O)(c4ccc(Cl)cc4)CC3)cc2)cc1.CC(C)(C)SCc1ccc(CCc2ccc(NS(=O)(=O)c3ccccc3)cc2)cc1.CC(C)(C)SCc1ccc(CCc2ccc(NS(C)(=O)=O)cc2)cc1. The third kappa shape index (κ3) is 25.9. The molecule has 0 aromatic heterocycles. The van der Waals surface area contributed by atoms with Crippen LogP contribution >= 0.6 is 46.9 Å². The molecule has 1 saturated heterocycles. The van der Waals surface area contributed by atoms with Crippen molar-refractivity contribution in [3.8, 4) is 0 Å². The minimum absolute atomic E-state index is 0.262. The van der Waals surface area contributed by atoms with Gasteiger partial charge in [-0.2, -0.15) is 35.3 Å². The third-order valence-electron chi connectivity index (χ3n) is 15.0. The van der Waals surface area contributed by atoms with Crippen molar-refractivity contribution in [3.05, 3.63) is 261 Å². The molecule has 3 N–H and O–H groups in total. The third-order valence-corrected chi connectivity index (χ3v) is 21.3. The van der Waals surface area contributed by atoms with Gasteiger partial charge in [-0.15, -0.1) is 0 Å². The highest BCUT2D eigenvalue weighted by atomic mass is 35.5. The molecule has 8 nitrogen and oxygen atoms in total. The number of anilines is 3. The molecule has 8 aromatic rings. The number of hydrogen-bond acceptors (Lipinski definition) is 9. The minimum Gasteiger partial charge on any atom is -0.385 e. The molecule has 0 unspecified atom stereocenters. The molecule has 1 heterocycles. The van der Waals surface area contributed by atoms with Crippen molar-refractivity contribution in [2.24, 2.45) is 0 Å². The van der Waals surface area contributed by atoms with Crippen molar-refractivity contribution in [2.75, 3.05) is 33.7 Å². The van der Waals surface area contributed by atoms with E-state index in [0.717, 1.165) is 93.5 Å². The maximum atomic E-state index is 12.4. The zero-order valence-electron chi connectivity index (χ0n) is 53.7. The second-order valence-electron chi connectivity index (χ2n) is 26.0. The van der Waals surface area contributed by atoms with Crippen LogP contribution < -0.4 is 14.3 Å². The lowest BCUT2D eigenvalue weighted by Gasteiger charge is -2.39. The van der Waals surface area contributed by atoms with Crippen molar-refractivity contribution in [3.63, 3.8) is 0 Å². The van der Waals surface area contributed by atoms with E-state index in [2.05, 4.69) is 174 Å². The maximum Gasteiger partial charge on any atom is 0.261 e. The monoisotopic (exact) mass is 1310 g/mol. The van der Waals surface area contributed by atoms with Gasteiger partial charge in [-0.1, -0.05) is 213 Å². The van der Waals surface area contributed by atoms with Crippen molar-refractivity contribution in [2.45, 2.75) is 156 Å². The number of sulfonamides is 2. The molecule has 1 fully saturated rings. The van der Waals surface area contributed by atoms with Gasteiger partial charge in [-0.3, -0.25) is 9.44 Å². The van der Waals surface area contributed by atoms with E-state index in [4.69, 9.17) is 11.6 Å². The highest BCUT2D eigenvalue weighted by molar-refractivity contribution is 8.00. The first-order valence-corrected chi connectivity index (χ1v) is 37.4. The predicted octanol–water partition coefficient (Wildman–Crippen LogP) is 18.8. The highest BCUT2D eigenvalue weighted by Crippen LogP contribution is 2.36. The Bertz CT molecular complexity index is 3640. The highest BCUT2D eigenvalue weighted by Gasteiger charge is 2.34. The molecule has 89 heavy (non-hydrogen) atoms. The number of nitrogens with zero attached hydrogens (tertiary/aromatic N) is 1. The second kappa shape index (κ2) is 32.6. The van der Waals surface area contributed by atoms with Crippen LogP contribution in [0.2, 0.25) is 5.02 Å². The zero-order chi connectivity index (χ0) is 64.3. The number of aliphatic hydroxyl groups is 1. The van der Waals surface area contributed by atoms with Gasteiger partial charge >= 0.3 is 0 Å². The average Bonchev–Trinajstić information content (AvgIpc) is 1.12. The van der Waals surface area contributed by atoms with Gasteiger partial charge in [0, 0.05) is 66.7 Å². The number of thioether (sulfide) groups is 3. The van der Waals surface area contributed by atoms with Crippen LogP contribution in [0.15, 0.2) is 205 Å². The van der Waals surface area contributed by atoms with Crippen LogP contribution in [0.4, 0.5) is 17.1 Å². The number of hydrogen-bond donors (Lipinski definition) is 3. The summed E-state index contributed by atoms with van der Waals surface area (Å²) >= 11 is 11.9. The first-order valence-electron chi connectivity index (χ1n) is 30.7. The quantitative estimate of drug-likeness (QED) is 0.0610. The number of piperidine rings is 1. The van der Waals surface area contributed by atoms with Gasteiger partial charge in [0.15, 0.2) is 0 Å². The van der Waals surface area contributed by atoms with Crippen molar-refractivity contribution < 1.29 is 21.9 Å². The summed E-state index contributed by atoms with van der Waals surface area (Å²) in [6, 6.07) is 67.0. The summed E-state index contributed by atoms with van der Waals surface area (Å²) in [4.78, 5) is 2.64. The van der Waals surface area contributed by atoms with Crippen LogP contribution in [0.3, 0.4) is 0 Å².